The SMILES string of the molecule is C[C@@]1(O)CCOC2(CCN(C(=O)COc3ccc(Cl)cc3)CC2)[C@H]1O. The number of aliphatic hydroxyl groups is 2. The van der Waals surface area contributed by atoms with Gasteiger partial charge in [0.2, 0.25) is 0 Å². The first kappa shape index (κ1) is 18.5. The summed E-state index contributed by atoms with van der Waals surface area (Å²) in [6, 6.07) is 6.85. The predicted octanol–water partition coefficient (Wildman–Crippen LogP) is 1.61. The molecule has 2 N–H and O–H groups in total. The highest BCUT2D eigenvalue weighted by atomic mass is 35.5. The minimum Gasteiger partial charge on any atom is -0.484 e. The summed E-state index contributed by atoms with van der Waals surface area (Å²) in [4.78, 5) is 14.0. The van der Waals surface area contributed by atoms with E-state index in [1.165, 1.54) is 0 Å². The van der Waals surface area contributed by atoms with Crippen LogP contribution in [0.5, 0.6) is 5.75 Å². The van der Waals surface area contributed by atoms with Crippen LogP contribution >= 0.6 is 11.6 Å². The Morgan fingerprint density at radius 3 is 2.60 bits per heavy atom. The standard InChI is InChI=1S/C18H24ClNO5/c1-17(23)8-11-25-18(16(17)22)6-9-20(10-7-18)15(21)12-24-14-4-2-13(19)3-5-14/h2-5,16,22-23H,6-12H2,1H3/t16-,17+/m0/s1. The van der Waals surface area contributed by atoms with Crippen molar-refractivity contribution in [1.29, 1.82) is 0 Å². The monoisotopic (exact) mass is 369 g/mol. The molecule has 2 aliphatic heterocycles. The number of ether oxygens (including phenoxy) is 2. The van der Waals surface area contributed by atoms with Crippen LogP contribution in [0.3, 0.4) is 0 Å². The Labute approximate surface area is 152 Å². The molecule has 3 rings (SSSR count). The Morgan fingerprint density at radius 2 is 1.96 bits per heavy atom. The molecule has 2 atom stereocenters. The zero-order chi connectivity index (χ0) is 18.1. The van der Waals surface area contributed by atoms with Gasteiger partial charge in [-0.15, -0.1) is 0 Å². The van der Waals surface area contributed by atoms with E-state index in [0.29, 0.717) is 49.7 Å². The van der Waals surface area contributed by atoms with Crippen LogP contribution in [0.1, 0.15) is 26.2 Å². The van der Waals surface area contributed by atoms with Crippen molar-refractivity contribution < 1.29 is 24.5 Å². The summed E-state index contributed by atoms with van der Waals surface area (Å²) in [5.41, 5.74) is -1.92. The molecule has 1 aromatic rings. The van der Waals surface area contributed by atoms with E-state index in [4.69, 9.17) is 21.1 Å². The largest absolute Gasteiger partial charge is 0.484 e. The Kier molecular flexibility index (Phi) is 5.25. The zero-order valence-electron chi connectivity index (χ0n) is 14.3. The molecule has 0 bridgehead atoms. The van der Waals surface area contributed by atoms with Crippen LogP contribution in [0.15, 0.2) is 24.3 Å². The van der Waals surface area contributed by atoms with E-state index < -0.39 is 17.3 Å². The minimum atomic E-state index is -1.15. The highest BCUT2D eigenvalue weighted by Crippen LogP contribution is 2.39. The van der Waals surface area contributed by atoms with E-state index >= 15 is 0 Å². The number of benzene rings is 1. The normalized spacial score (nSPS) is 28.8. The number of hydrogen-bond acceptors (Lipinski definition) is 5. The van der Waals surface area contributed by atoms with E-state index in [1.54, 1.807) is 36.1 Å². The Balaban J connectivity index is 1.53. The first-order valence-corrected chi connectivity index (χ1v) is 8.91. The van der Waals surface area contributed by atoms with Gasteiger partial charge in [0.25, 0.3) is 5.91 Å². The van der Waals surface area contributed by atoms with Crippen molar-refractivity contribution in [2.45, 2.75) is 43.5 Å². The maximum Gasteiger partial charge on any atom is 0.260 e. The Morgan fingerprint density at radius 1 is 1.32 bits per heavy atom. The summed E-state index contributed by atoms with van der Waals surface area (Å²) in [6.07, 6.45) is 0.456. The summed E-state index contributed by atoms with van der Waals surface area (Å²) in [7, 11) is 0. The Hall–Kier alpha value is -1.34. The topological polar surface area (TPSA) is 79.2 Å². The van der Waals surface area contributed by atoms with Crippen molar-refractivity contribution in [3.63, 3.8) is 0 Å². The highest BCUT2D eigenvalue weighted by Gasteiger charge is 2.52. The third kappa shape index (κ3) is 3.92. The number of carbonyl (C=O) groups is 1. The van der Waals surface area contributed by atoms with Crippen LogP contribution in [0.4, 0.5) is 0 Å². The van der Waals surface area contributed by atoms with Crippen LogP contribution < -0.4 is 4.74 Å². The van der Waals surface area contributed by atoms with Gasteiger partial charge in [-0.3, -0.25) is 4.79 Å². The zero-order valence-corrected chi connectivity index (χ0v) is 15.0. The second-order valence-corrected chi connectivity index (χ2v) is 7.48. The molecule has 0 aromatic heterocycles. The molecule has 7 heteroatoms. The van der Waals surface area contributed by atoms with Gasteiger partial charge in [0.1, 0.15) is 17.5 Å². The second kappa shape index (κ2) is 7.11. The summed E-state index contributed by atoms with van der Waals surface area (Å²) in [5.74, 6) is 0.482. The molecule has 2 fully saturated rings. The lowest BCUT2D eigenvalue weighted by Crippen LogP contribution is -2.64. The van der Waals surface area contributed by atoms with Gasteiger partial charge in [-0.2, -0.15) is 0 Å². The molecule has 2 heterocycles. The molecule has 0 aliphatic carbocycles. The summed E-state index contributed by atoms with van der Waals surface area (Å²) < 4.78 is 11.3. The number of carbonyl (C=O) groups excluding carboxylic acids is 1. The van der Waals surface area contributed by atoms with Gasteiger partial charge in [-0.1, -0.05) is 11.6 Å². The molecule has 138 valence electrons. The molecule has 1 aromatic carbocycles. The van der Waals surface area contributed by atoms with Gasteiger partial charge in [-0.05, 0) is 44.0 Å². The number of piperidine rings is 1. The van der Waals surface area contributed by atoms with E-state index in [-0.39, 0.29) is 12.5 Å². The van der Waals surface area contributed by atoms with Gasteiger partial charge in [-0.25, -0.2) is 0 Å². The summed E-state index contributed by atoms with van der Waals surface area (Å²) in [5, 5.41) is 21.4. The van der Waals surface area contributed by atoms with Gasteiger partial charge in [0, 0.05) is 24.5 Å². The first-order valence-electron chi connectivity index (χ1n) is 8.53. The number of hydrogen-bond donors (Lipinski definition) is 2. The highest BCUT2D eigenvalue weighted by molar-refractivity contribution is 6.30. The lowest BCUT2D eigenvalue weighted by Gasteiger charge is -2.51. The van der Waals surface area contributed by atoms with Crippen molar-refractivity contribution in [3.05, 3.63) is 29.3 Å². The van der Waals surface area contributed by atoms with Crippen LogP contribution in [-0.4, -0.2) is 64.6 Å². The Bertz CT molecular complexity index is 610. The fourth-order valence-corrected chi connectivity index (χ4v) is 3.69. The number of likely N-dealkylation sites (tertiary alicyclic amines) is 1. The fourth-order valence-electron chi connectivity index (χ4n) is 3.56. The number of nitrogens with zero attached hydrogens (tertiary/aromatic N) is 1. The average Bonchev–Trinajstić information content (AvgIpc) is 2.59. The van der Waals surface area contributed by atoms with Gasteiger partial charge < -0.3 is 24.6 Å². The van der Waals surface area contributed by atoms with Crippen LogP contribution in [0, 0.1) is 0 Å². The second-order valence-electron chi connectivity index (χ2n) is 7.05. The van der Waals surface area contributed by atoms with Gasteiger partial charge >= 0.3 is 0 Å². The van der Waals surface area contributed by atoms with Crippen molar-refractivity contribution in [2.24, 2.45) is 0 Å². The van der Waals surface area contributed by atoms with E-state index in [9.17, 15) is 15.0 Å². The smallest absolute Gasteiger partial charge is 0.260 e. The average molecular weight is 370 g/mol. The number of amides is 1. The first-order chi connectivity index (χ1) is 11.8. The van der Waals surface area contributed by atoms with Crippen molar-refractivity contribution in [2.75, 3.05) is 26.3 Å². The molecular weight excluding hydrogens is 346 g/mol. The van der Waals surface area contributed by atoms with Crippen LogP contribution in [0.25, 0.3) is 0 Å². The quantitative estimate of drug-likeness (QED) is 0.846. The molecule has 6 nitrogen and oxygen atoms in total. The maximum absolute atomic E-state index is 12.3. The van der Waals surface area contributed by atoms with Gasteiger partial charge in [0.15, 0.2) is 6.61 Å². The summed E-state index contributed by atoms with van der Waals surface area (Å²) >= 11 is 5.82. The van der Waals surface area contributed by atoms with E-state index in [0.717, 1.165) is 0 Å². The molecule has 0 saturated carbocycles. The minimum absolute atomic E-state index is 0.0459. The lowest BCUT2D eigenvalue weighted by atomic mass is 9.75. The third-order valence-electron chi connectivity index (χ3n) is 5.22. The van der Waals surface area contributed by atoms with Crippen molar-refractivity contribution in [3.8, 4) is 5.75 Å². The summed E-state index contributed by atoms with van der Waals surface area (Å²) in [6.45, 7) is 2.94. The maximum atomic E-state index is 12.3. The molecule has 1 amide bonds. The van der Waals surface area contributed by atoms with Gasteiger partial charge in [0.05, 0.1) is 12.2 Å². The van der Waals surface area contributed by atoms with Crippen LogP contribution in [0.2, 0.25) is 5.02 Å². The van der Waals surface area contributed by atoms with E-state index in [2.05, 4.69) is 0 Å². The molecular formula is C18H24ClNO5. The molecule has 25 heavy (non-hydrogen) atoms. The number of aliphatic hydroxyl groups excluding tert-OH is 1. The molecule has 1 spiro atoms. The van der Waals surface area contributed by atoms with E-state index in [1.807, 2.05) is 0 Å². The molecule has 0 radical (unpaired) electrons. The lowest BCUT2D eigenvalue weighted by molar-refractivity contribution is -0.245. The third-order valence-corrected chi connectivity index (χ3v) is 5.48. The van der Waals surface area contributed by atoms with Crippen molar-refractivity contribution in [1.82, 2.24) is 4.90 Å². The van der Waals surface area contributed by atoms with Crippen molar-refractivity contribution >= 4 is 17.5 Å². The molecule has 0 unspecified atom stereocenters. The number of halogens is 1. The predicted molar refractivity (Wildman–Crippen MR) is 92.7 cm³/mol. The molecule has 2 aliphatic rings. The number of rotatable bonds is 3. The van der Waals surface area contributed by atoms with Crippen LogP contribution in [-0.2, 0) is 9.53 Å². The fraction of sp³-hybridized carbons (Fsp3) is 0.611. The molecule has 2 saturated heterocycles.